The molecule has 1 aliphatic rings. The number of nitrogens with zero attached hydrogens (tertiary/aromatic N) is 4. The van der Waals surface area contributed by atoms with Crippen molar-refractivity contribution in [2.24, 2.45) is 0 Å². The van der Waals surface area contributed by atoms with E-state index in [9.17, 15) is 9.90 Å². The van der Waals surface area contributed by atoms with Gasteiger partial charge in [-0.25, -0.2) is 0 Å². The Hall–Kier alpha value is -3.81. The van der Waals surface area contributed by atoms with Gasteiger partial charge in [0.05, 0.1) is 11.7 Å². The summed E-state index contributed by atoms with van der Waals surface area (Å²) >= 11 is 12.1. The van der Waals surface area contributed by atoms with Crippen molar-refractivity contribution in [2.45, 2.75) is 6.04 Å². The second-order valence-corrected chi connectivity index (χ2v) is 8.29. The third-order valence-electron chi connectivity index (χ3n) is 5.39. The number of hydrogen-bond donors (Lipinski definition) is 2. The fraction of sp³-hybridized carbons (Fsp3) is 0.0417. The van der Waals surface area contributed by atoms with E-state index in [2.05, 4.69) is 10.1 Å². The molecule has 33 heavy (non-hydrogen) atoms. The Labute approximate surface area is 199 Å². The quantitative estimate of drug-likeness (QED) is 0.420. The minimum atomic E-state index is -0.683. The first-order valence-corrected chi connectivity index (χ1v) is 10.8. The van der Waals surface area contributed by atoms with Gasteiger partial charge in [0, 0.05) is 15.6 Å². The largest absolute Gasteiger partial charge is 0.503 e. The standard InChI is InChI=1S/C24H17Cl2N5O2/c25-16-8-6-15(7-9-16)20-19(14-4-2-1-3-5-14)21(32)22(33)30(20)24-28-23(27)31(29-24)18-12-10-17(26)11-13-18/h1-13,20,32H,(H2,27,28,29). The molecule has 3 aromatic carbocycles. The lowest BCUT2D eigenvalue weighted by atomic mass is 9.94. The Morgan fingerprint density at radius 2 is 1.48 bits per heavy atom. The van der Waals surface area contributed by atoms with Gasteiger partial charge in [-0.15, -0.1) is 5.10 Å². The molecule has 0 bridgehead atoms. The van der Waals surface area contributed by atoms with Crippen molar-refractivity contribution >= 4 is 46.6 Å². The zero-order chi connectivity index (χ0) is 23.1. The zero-order valence-corrected chi connectivity index (χ0v) is 18.6. The van der Waals surface area contributed by atoms with Crippen LogP contribution in [0.5, 0.6) is 0 Å². The summed E-state index contributed by atoms with van der Waals surface area (Å²) < 4.78 is 1.41. The Morgan fingerprint density at radius 1 is 0.879 bits per heavy atom. The normalized spacial score (nSPS) is 16.0. The van der Waals surface area contributed by atoms with Crippen molar-refractivity contribution in [3.63, 3.8) is 0 Å². The molecule has 1 atom stereocenters. The minimum Gasteiger partial charge on any atom is -0.503 e. The van der Waals surface area contributed by atoms with Crippen molar-refractivity contribution in [1.82, 2.24) is 14.8 Å². The molecule has 0 saturated heterocycles. The van der Waals surface area contributed by atoms with E-state index in [0.717, 1.165) is 5.56 Å². The van der Waals surface area contributed by atoms with Gasteiger partial charge in [0.25, 0.3) is 11.9 Å². The van der Waals surface area contributed by atoms with Crippen molar-refractivity contribution in [3.8, 4) is 5.69 Å². The monoisotopic (exact) mass is 477 g/mol. The van der Waals surface area contributed by atoms with Gasteiger partial charge in [-0.2, -0.15) is 9.67 Å². The highest BCUT2D eigenvalue weighted by Gasteiger charge is 2.44. The van der Waals surface area contributed by atoms with Crippen LogP contribution in [0.15, 0.2) is 84.6 Å². The molecule has 2 heterocycles. The minimum absolute atomic E-state index is 0.0601. The summed E-state index contributed by atoms with van der Waals surface area (Å²) in [5.74, 6) is -0.850. The smallest absolute Gasteiger partial charge is 0.296 e. The van der Waals surface area contributed by atoms with Crippen LogP contribution in [0.2, 0.25) is 10.0 Å². The lowest BCUT2D eigenvalue weighted by Gasteiger charge is -2.24. The highest BCUT2D eigenvalue weighted by atomic mass is 35.5. The van der Waals surface area contributed by atoms with Crippen LogP contribution in [-0.4, -0.2) is 25.8 Å². The topological polar surface area (TPSA) is 97.3 Å². The molecule has 7 nitrogen and oxygen atoms in total. The van der Waals surface area contributed by atoms with E-state index in [1.807, 2.05) is 30.3 Å². The predicted octanol–water partition coefficient (Wildman–Crippen LogP) is 5.21. The fourth-order valence-electron chi connectivity index (χ4n) is 3.87. The molecule has 0 saturated carbocycles. The molecule has 5 rings (SSSR count). The van der Waals surface area contributed by atoms with Gasteiger partial charge in [0.1, 0.15) is 0 Å². The van der Waals surface area contributed by atoms with E-state index in [1.165, 1.54) is 9.58 Å². The van der Waals surface area contributed by atoms with Gasteiger partial charge in [-0.05, 0) is 47.5 Å². The predicted molar refractivity (Wildman–Crippen MR) is 128 cm³/mol. The summed E-state index contributed by atoms with van der Waals surface area (Å²) in [6.07, 6.45) is 0. The number of carbonyl (C=O) groups excluding carboxylic acids is 1. The summed E-state index contributed by atoms with van der Waals surface area (Å²) in [4.78, 5) is 19.0. The van der Waals surface area contributed by atoms with Gasteiger partial charge in [-0.1, -0.05) is 65.7 Å². The summed E-state index contributed by atoms with van der Waals surface area (Å²) in [7, 11) is 0. The molecule has 9 heteroatoms. The van der Waals surface area contributed by atoms with Crippen LogP contribution >= 0.6 is 23.2 Å². The third kappa shape index (κ3) is 3.71. The maximum Gasteiger partial charge on any atom is 0.296 e. The van der Waals surface area contributed by atoms with Crippen molar-refractivity contribution in [1.29, 1.82) is 0 Å². The van der Waals surface area contributed by atoms with Crippen LogP contribution in [-0.2, 0) is 4.79 Å². The highest BCUT2D eigenvalue weighted by Crippen LogP contribution is 2.44. The lowest BCUT2D eigenvalue weighted by Crippen LogP contribution is -2.31. The zero-order valence-electron chi connectivity index (χ0n) is 17.1. The molecule has 1 unspecified atom stereocenters. The number of aromatic nitrogens is 3. The van der Waals surface area contributed by atoms with Gasteiger partial charge < -0.3 is 10.8 Å². The number of nitrogens with two attached hydrogens (primary N) is 1. The number of anilines is 2. The van der Waals surface area contributed by atoms with Crippen molar-refractivity contribution in [3.05, 3.63) is 106 Å². The Morgan fingerprint density at radius 3 is 2.12 bits per heavy atom. The lowest BCUT2D eigenvalue weighted by molar-refractivity contribution is -0.117. The number of aliphatic hydroxyl groups is 1. The molecule has 3 N–H and O–H groups in total. The molecule has 1 amide bonds. The molecule has 0 aliphatic carbocycles. The van der Waals surface area contributed by atoms with Gasteiger partial charge in [0.15, 0.2) is 5.76 Å². The molecule has 1 aromatic heterocycles. The Kier molecular flexibility index (Phi) is 5.28. The Bertz CT molecular complexity index is 1370. The van der Waals surface area contributed by atoms with Crippen molar-refractivity contribution < 1.29 is 9.90 Å². The molecule has 4 aromatic rings. The number of carbonyl (C=O) groups is 1. The van der Waals surface area contributed by atoms with Crippen LogP contribution in [0.25, 0.3) is 11.3 Å². The maximum atomic E-state index is 13.3. The number of aliphatic hydroxyl groups excluding tert-OH is 1. The van der Waals surface area contributed by atoms with Crippen LogP contribution in [0.3, 0.4) is 0 Å². The van der Waals surface area contributed by atoms with E-state index in [1.54, 1.807) is 48.5 Å². The second kappa shape index (κ2) is 8.27. The number of rotatable bonds is 4. The average molecular weight is 478 g/mol. The van der Waals surface area contributed by atoms with Crippen LogP contribution in [0.1, 0.15) is 17.2 Å². The third-order valence-corrected chi connectivity index (χ3v) is 5.89. The Balaban J connectivity index is 1.65. The number of hydrogen-bond acceptors (Lipinski definition) is 5. The van der Waals surface area contributed by atoms with Crippen molar-refractivity contribution in [2.75, 3.05) is 10.6 Å². The van der Waals surface area contributed by atoms with Crippen LogP contribution in [0, 0.1) is 0 Å². The van der Waals surface area contributed by atoms with E-state index >= 15 is 0 Å². The van der Waals surface area contributed by atoms with Gasteiger partial charge in [-0.3, -0.25) is 9.69 Å². The van der Waals surface area contributed by atoms with E-state index < -0.39 is 11.9 Å². The van der Waals surface area contributed by atoms with Crippen LogP contribution < -0.4 is 10.6 Å². The molecule has 0 fully saturated rings. The summed E-state index contributed by atoms with van der Waals surface area (Å²) in [6.45, 7) is 0. The molecule has 0 spiro atoms. The van der Waals surface area contributed by atoms with Crippen LogP contribution in [0.4, 0.5) is 11.9 Å². The molecular weight excluding hydrogens is 461 g/mol. The first kappa shape index (κ1) is 21.1. The number of nitrogen functional groups attached to an aromatic ring is 1. The number of benzene rings is 3. The van der Waals surface area contributed by atoms with E-state index in [0.29, 0.717) is 26.9 Å². The summed E-state index contributed by atoms with van der Waals surface area (Å²) in [5, 5.41) is 16.5. The maximum absolute atomic E-state index is 13.3. The van der Waals surface area contributed by atoms with E-state index in [-0.39, 0.29) is 17.7 Å². The fourth-order valence-corrected chi connectivity index (χ4v) is 4.12. The molecule has 1 aliphatic heterocycles. The molecule has 164 valence electrons. The summed E-state index contributed by atoms with van der Waals surface area (Å²) in [5.41, 5.74) is 8.65. The first-order valence-electron chi connectivity index (χ1n) is 10.00. The summed E-state index contributed by atoms with van der Waals surface area (Å²) in [6, 6.07) is 22.5. The van der Waals surface area contributed by atoms with E-state index in [4.69, 9.17) is 28.9 Å². The number of halogens is 2. The van der Waals surface area contributed by atoms with Gasteiger partial charge in [0.2, 0.25) is 5.95 Å². The van der Waals surface area contributed by atoms with Gasteiger partial charge >= 0.3 is 0 Å². The molecular formula is C24H17Cl2N5O2. The highest BCUT2D eigenvalue weighted by molar-refractivity contribution is 6.30. The second-order valence-electron chi connectivity index (χ2n) is 7.42. The average Bonchev–Trinajstić information content (AvgIpc) is 3.32. The number of amides is 1. The SMILES string of the molecule is Nc1nc(N2C(=O)C(O)=C(c3ccccc3)C2c2ccc(Cl)cc2)nn1-c1ccc(Cl)cc1. The molecule has 0 radical (unpaired) electrons. The first-order chi connectivity index (χ1) is 15.9.